The van der Waals surface area contributed by atoms with Crippen molar-refractivity contribution in [2.75, 3.05) is 13.1 Å². The summed E-state index contributed by atoms with van der Waals surface area (Å²) in [6, 6.07) is 0.348. The van der Waals surface area contributed by atoms with Crippen LogP contribution in [0.2, 0.25) is 0 Å². The molecule has 1 saturated carbocycles. The fourth-order valence-corrected chi connectivity index (χ4v) is 3.98. The van der Waals surface area contributed by atoms with Gasteiger partial charge in [-0.05, 0) is 25.7 Å². The molecule has 0 N–H and O–H groups in total. The van der Waals surface area contributed by atoms with Gasteiger partial charge in [-0.2, -0.15) is 0 Å². The summed E-state index contributed by atoms with van der Waals surface area (Å²) >= 11 is 1.58. The van der Waals surface area contributed by atoms with Crippen molar-refractivity contribution in [3.63, 3.8) is 0 Å². The highest BCUT2D eigenvalue weighted by Crippen LogP contribution is 2.42. The van der Waals surface area contributed by atoms with E-state index in [-0.39, 0.29) is 5.91 Å². The third-order valence-electron chi connectivity index (χ3n) is 4.29. The molecule has 2 aliphatic rings. The van der Waals surface area contributed by atoms with Crippen molar-refractivity contribution in [1.82, 2.24) is 19.4 Å². The highest BCUT2D eigenvalue weighted by molar-refractivity contribution is 7.13. The molecule has 1 aliphatic carbocycles. The van der Waals surface area contributed by atoms with E-state index in [0.717, 1.165) is 35.8 Å². The third kappa shape index (κ3) is 2.60. The molecule has 2 aromatic heterocycles. The zero-order valence-corrected chi connectivity index (χ0v) is 12.6. The summed E-state index contributed by atoms with van der Waals surface area (Å²) in [4.78, 5) is 23.9. The van der Waals surface area contributed by atoms with Gasteiger partial charge in [-0.1, -0.05) is 0 Å². The molecular formula is C15H18N4OS. The van der Waals surface area contributed by atoms with Crippen LogP contribution in [-0.4, -0.2) is 38.4 Å². The predicted octanol–water partition coefficient (Wildman–Crippen LogP) is 2.69. The Labute approximate surface area is 127 Å². The van der Waals surface area contributed by atoms with Crippen LogP contribution >= 0.6 is 11.3 Å². The number of thiazole rings is 1. The van der Waals surface area contributed by atoms with Crippen molar-refractivity contribution in [2.45, 2.75) is 37.6 Å². The van der Waals surface area contributed by atoms with Crippen LogP contribution in [0.25, 0.3) is 0 Å². The van der Waals surface area contributed by atoms with Crippen LogP contribution in [0, 0.1) is 0 Å². The number of hydrogen-bond donors (Lipinski definition) is 0. The van der Waals surface area contributed by atoms with E-state index in [2.05, 4.69) is 14.5 Å². The Hall–Kier alpha value is -1.69. The van der Waals surface area contributed by atoms with Crippen LogP contribution in [0.4, 0.5) is 0 Å². The summed E-state index contributed by atoms with van der Waals surface area (Å²) in [6.07, 6.45) is 12.0. The number of imidazole rings is 1. The van der Waals surface area contributed by atoms with E-state index in [1.165, 1.54) is 12.8 Å². The predicted molar refractivity (Wildman–Crippen MR) is 80.5 cm³/mol. The number of piperidine rings is 1. The summed E-state index contributed by atoms with van der Waals surface area (Å²) in [6.45, 7) is 1.62. The van der Waals surface area contributed by atoms with Gasteiger partial charge in [0, 0.05) is 31.4 Å². The lowest BCUT2D eigenvalue weighted by molar-refractivity contribution is 0.0684. The zero-order chi connectivity index (χ0) is 14.2. The summed E-state index contributed by atoms with van der Waals surface area (Å²) in [5.74, 6) is 0.765. The van der Waals surface area contributed by atoms with Crippen molar-refractivity contribution >= 4 is 17.2 Å². The van der Waals surface area contributed by atoms with Crippen molar-refractivity contribution in [1.29, 1.82) is 0 Å². The van der Waals surface area contributed by atoms with Gasteiger partial charge in [-0.15, -0.1) is 11.3 Å². The molecule has 1 saturated heterocycles. The van der Waals surface area contributed by atoms with E-state index in [1.807, 2.05) is 17.4 Å². The maximum absolute atomic E-state index is 12.6. The first kappa shape index (κ1) is 13.0. The van der Waals surface area contributed by atoms with E-state index in [9.17, 15) is 4.79 Å². The highest BCUT2D eigenvalue weighted by Gasteiger charge is 2.30. The first-order chi connectivity index (χ1) is 10.3. The SMILES string of the molecule is O=C(c1cnc(C2CC2)s1)N1CCCC(n2ccnc2)C1. The van der Waals surface area contributed by atoms with Crippen molar-refractivity contribution in [3.8, 4) is 0 Å². The van der Waals surface area contributed by atoms with Gasteiger partial charge >= 0.3 is 0 Å². The minimum absolute atomic E-state index is 0.143. The molecule has 0 radical (unpaired) electrons. The maximum Gasteiger partial charge on any atom is 0.265 e. The number of aromatic nitrogens is 3. The molecule has 110 valence electrons. The summed E-state index contributed by atoms with van der Waals surface area (Å²) in [7, 11) is 0. The molecule has 0 bridgehead atoms. The Morgan fingerprint density at radius 2 is 2.24 bits per heavy atom. The lowest BCUT2D eigenvalue weighted by Gasteiger charge is -2.33. The molecule has 21 heavy (non-hydrogen) atoms. The van der Waals surface area contributed by atoms with Crippen LogP contribution in [0.1, 0.15) is 52.3 Å². The molecule has 4 rings (SSSR count). The molecule has 1 aliphatic heterocycles. The molecule has 3 heterocycles. The Kier molecular flexibility index (Phi) is 3.25. The van der Waals surface area contributed by atoms with Gasteiger partial charge in [0.1, 0.15) is 4.88 Å². The van der Waals surface area contributed by atoms with E-state index in [1.54, 1.807) is 23.7 Å². The topological polar surface area (TPSA) is 51.0 Å². The Bertz CT molecular complexity index is 632. The number of hydrogen-bond acceptors (Lipinski definition) is 4. The number of carbonyl (C=O) groups is 1. The number of nitrogens with zero attached hydrogens (tertiary/aromatic N) is 4. The van der Waals surface area contributed by atoms with Gasteiger partial charge in [0.25, 0.3) is 5.91 Å². The molecule has 6 heteroatoms. The maximum atomic E-state index is 12.6. The standard InChI is InChI=1S/C15H18N4OS/c20-15(13-8-17-14(21-13)11-3-4-11)18-6-1-2-12(9-18)19-7-5-16-10-19/h5,7-8,10-12H,1-4,6,9H2. The largest absolute Gasteiger partial charge is 0.336 e. The van der Waals surface area contributed by atoms with E-state index in [0.29, 0.717) is 12.0 Å². The second-order valence-electron chi connectivity index (χ2n) is 5.89. The van der Waals surface area contributed by atoms with Gasteiger partial charge in [-0.25, -0.2) is 9.97 Å². The first-order valence-electron chi connectivity index (χ1n) is 7.53. The first-order valence-corrected chi connectivity index (χ1v) is 8.35. The van der Waals surface area contributed by atoms with Crippen LogP contribution in [0.5, 0.6) is 0 Å². The second-order valence-corrected chi connectivity index (χ2v) is 6.96. The van der Waals surface area contributed by atoms with Gasteiger partial charge < -0.3 is 9.47 Å². The number of amides is 1. The van der Waals surface area contributed by atoms with Crippen molar-refractivity contribution < 1.29 is 4.79 Å². The molecule has 0 aromatic carbocycles. The van der Waals surface area contributed by atoms with Gasteiger partial charge in [-0.3, -0.25) is 4.79 Å². The molecule has 2 aromatic rings. The van der Waals surface area contributed by atoms with Gasteiger partial charge in [0.2, 0.25) is 0 Å². The van der Waals surface area contributed by atoms with Crippen molar-refractivity contribution in [2.24, 2.45) is 0 Å². The van der Waals surface area contributed by atoms with E-state index >= 15 is 0 Å². The average molecular weight is 302 g/mol. The zero-order valence-electron chi connectivity index (χ0n) is 11.8. The normalized spacial score (nSPS) is 22.5. The second kappa shape index (κ2) is 5.26. The summed E-state index contributed by atoms with van der Waals surface area (Å²) in [5.41, 5.74) is 0. The smallest absolute Gasteiger partial charge is 0.265 e. The Morgan fingerprint density at radius 3 is 3.00 bits per heavy atom. The third-order valence-corrected chi connectivity index (χ3v) is 5.44. The average Bonchev–Trinajstić information content (AvgIpc) is 3.05. The number of rotatable bonds is 3. The van der Waals surface area contributed by atoms with E-state index < -0.39 is 0 Å². The molecule has 1 unspecified atom stereocenters. The molecular weight excluding hydrogens is 284 g/mol. The number of likely N-dealkylation sites (tertiary alicyclic amines) is 1. The van der Waals surface area contributed by atoms with Crippen LogP contribution in [0.3, 0.4) is 0 Å². The minimum Gasteiger partial charge on any atom is -0.336 e. The number of carbonyl (C=O) groups excluding carboxylic acids is 1. The molecule has 0 spiro atoms. The molecule has 2 fully saturated rings. The Balaban J connectivity index is 1.47. The molecule has 5 nitrogen and oxygen atoms in total. The quantitative estimate of drug-likeness (QED) is 0.876. The molecule has 1 amide bonds. The monoisotopic (exact) mass is 302 g/mol. The van der Waals surface area contributed by atoms with Crippen LogP contribution in [-0.2, 0) is 0 Å². The van der Waals surface area contributed by atoms with Crippen molar-refractivity contribution in [3.05, 3.63) is 34.8 Å². The van der Waals surface area contributed by atoms with Gasteiger partial charge in [0.05, 0.1) is 23.6 Å². The molecule has 1 atom stereocenters. The Morgan fingerprint density at radius 1 is 1.33 bits per heavy atom. The fourth-order valence-electron chi connectivity index (χ4n) is 2.93. The summed E-state index contributed by atoms with van der Waals surface area (Å²) < 4.78 is 2.11. The van der Waals surface area contributed by atoms with E-state index in [4.69, 9.17) is 0 Å². The highest BCUT2D eigenvalue weighted by atomic mass is 32.1. The summed E-state index contributed by atoms with van der Waals surface area (Å²) in [5, 5.41) is 1.14. The van der Waals surface area contributed by atoms with Crippen LogP contribution < -0.4 is 0 Å². The van der Waals surface area contributed by atoms with Gasteiger partial charge in [0.15, 0.2) is 0 Å². The lowest BCUT2D eigenvalue weighted by Crippen LogP contribution is -2.40. The minimum atomic E-state index is 0.143. The van der Waals surface area contributed by atoms with Crippen LogP contribution in [0.15, 0.2) is 24.9 Å². The fraction of sp³-hybridized carbons (Fsp3) is 0.533. The lowest BCUT2D eigenvalue weighted by atomic mass is 10.1.